The van der Waals surface area contributed by atoms with Crippen LogP contribution in [0.3, 0.4) is 0 Å². The van der Waals surface area contributed by atoms with Crippen LogP contribution in [0.25, 0.3) is 11.3 Å². The molecule has 7 nitrogen and oxygen atoms in total. The summed E-state index contributed by atoms with van der Waals surface area (Å²) in [5.74, 6) is 0.518. The molecule has 0 atom stereocenters. The van der Waals surface area contributed by atoms with Crippen molar-refractivity contribution < 1.29 is 14.3 Å². The molecule has 138 valence electrons. The Kier molecular flexibility index (Phi) is 5.37. The number of nitrogens with two attached hydrogens (primary N) is 1. The molecular formula is C19H18N4O3S. The molecule has 0 aliphatic carbocycles. The molecule has 3 N–H and O–H groups in total. The Morgan fingerprint density at radius 1 is 1.41 bits per heavy atom. The number of nitrogens with zero attached hydrogens (tertiary/aromatic N) is 3. The van der Waals surface area contributed by atoms with Crippen molar-refractivity contribution in [3.05, 3.63) is 70.3 Å². The molecular weight excluding hydrogens is 364 g/mol. The minimum atomic E-state index is -0.706. The Labute approximate surface area is 159 Å². The number of thiazole rings is 1. The van der Waals surface area contributed by atoms with Crippen molar-refractivity contribution in [2.75, 3.05) is 6.54 Å². The van der Waals surface area contributed by atoms with Gasteiger partial charge in [0.15, 0.2) is 0 Å². The van der Waals surface area contributed by atoms with Crippen molar-refractivity contribution in [2.24, 2.45) is 15.8 Å². The molecule has 3 rings (SSSR count). The number of amides is 1. The Morgan fingerprint density at radius 2 is 2.22 bits per heavy atom. The molecule has 2 heterocycles. The number of carbonyl (C=O) groups is 1. The molecule has 0 saturated carbocycles. The number of hydrogen-bond donors (Lipinski definition) is 2. The van der Waals surface area contributed by atoms with Crippen molar-refractivity contribution in [3.8, 4) is 17.0 Å². The first-order chi connectivity index (χ1) is 13.0. The number of benzene rings is 1. The highest BCUT2D eigenvalue weighted by Gasteiger charge is 2.13. The van der Waals surface area contributed by atoms with Gasteiger partial charge >= 0.3 is 0 Å². The Bertz CT molecular complexity index is 1090. The van der Waals surface area contributed by atoms with Crippen LogP contribution in [0.1, 0.15) is 21.9 Å². The van der Waals surface area contributed by atoms with E-state index in [0.717, 1.165) is 5.76 Å². The first kappa shape index (κ1) is 18.4. The van der Waals surface area contributed by atoms with Gasteiger partial charge in [-0.05, 0) is 37.3 Å². The molecule has 1 aromatic carbocycles. The van der Waals surface area contributed by atoms with Crippen LogP contribution in [0.4, 0.5) is 0 Å². The maximum atomic E-state index is 11.5. The normalized spacial score (nSPS) is 12.0. The van der Waals surface area contributed by atoms with E-state index in [4.69, 9.17) is 10.2 Å². The molecule has 1 amide bonds. The first-order valence-electron chi connectivity index (χ1n) is 8.05. The monoisotopic (exact) mass is 382 g/mol. The van der Waals surface area contributed by atoms with Gasteiger partial charge in [-0.25, -0.2) is 4.68 Å². The third-order valence-electron chi connectivity index (χ3n) is 3.66. The number of aromatic nitrogens is 1. The summed E-state index contributed by atoms with van der Waals surface area (Å²) in [6.07, 6.45) is 3.28. The predicted molar refractivity (Wildman–Crippen MR) is 105 cm³/mol. The molecule has 0 saturated heterocycles. The summed E-state index contributed by atoms with van der Waals surface area (Å²) in [6.45, 7) is 5.97. The van der Waals surface area contributed by atoms with Crippen LogP contribution in [0.2, 0.25) is 0 Å². The Morgan fingerprint density at radius 3 is 2.89 bits per heavy atom. The zero-order valence-corrected chi connectivity index (χ0v) is 15.4. The van der Waals surface area contributed by atoms with E-state index in [0.29, 0.717) is 28.4 Å². The summed E-state index contributed by atoms with van der Waals surface area (Å²) in [5, 5.41) is 16.2. The topological polar surface area (TPSA) is 106 Å². The first-order valence-corrected chi connectivity index (χ1v) is 8.93. The average molecular weight is 382 g/mol. The number of aryl methyl sites for hydroxylation is 1. The lowest BCUT2D eigenvalue weighted by Crippen LogP contribution is -2.13. The number of aromatic hydroxyl groups is 1. The summed E-state index contributed by atoms with van der Waals surface area (Å²) in [6, 6.07) is 8.31. The smallest absolute Gasteiger partial charge is 0.252 e. The fourth-order valence-electron chi connectivity index (χ4n) is 2.39. The van der Waals surface area contributed by atoms with Crippen molar-refractivity contribution in [1.29, 1.82) is 0 Å². The van der Waals surface area contributed by atoms with E-state index in [1.807, 2.05) is 24.4 Å². The SMILES string of the molecule is C=CCN=c1scc(-c2ccc(O)c(C(N)=O)c2)n1/N=C\c1ccc(C)o1. The Balaban J connectivity index is 2.12. The summed E-state index contributed by atoms with van der Waals surface area (Å²) in [5.41, 5.74) is 6.75. The third-order valence-corrected chi connectivity index (χ3v) is 4.51. The van der Waals surface area contributed by atoms with E-state index in [1.54, 1.807) is 23.0 Å². The quantitative estimate of drug-likeness (QED) is 0.506. The molecule has 0 spiro atoms. The number of phenols is 1. The van der Waals surface area contributed by atoms with Gasteiger partial charge in [0.1, 0.15) is 17.3 Å². The van der Waals surface area contributed by atoms with Gasteiger partial charge in [-0.15, -0.1) is 17.9 Å². The zero-order valence-electron chi connectivity index (χ0n) is 14.6. The van der Waals surface area contributed by atoms with Crippen LogP contribution in [0, 0.1) is 6.92 Å². The number of carbonyl (C=O) groups excluding carboxylic acids is 1. The second-order valence-corrected chi connectivity index (χ2v) is 6.47. The zero-order chi connectivity index (χ0) is 19.4. The maximum Gasteiger partial charge on any atom is 0.252 e. The third kappa shape index (κ3) is 4.06. The largest absolute Gasteiger partial charge is 0.507 e. The summed E-state index contributed by atoms with van der Waals surface area (Å²) in [7, 11) is 0. The molecule has 0 radical (unpaired) electrons. The predicted octanol–water partition coefficient (Wildman–Crippen LogP) is 2.89. The number of primary amides is 1. The molecule has 0 fully saturated rings. The van der Waals surface area contributed by atoms with Gasteiger partial charge in [0.2, 0.25) is 4.80 Å². The van der Waals surface area contributed by atoms with Crippen LogP contribution in [-0.2, 0) is 0 Å². The van der Waals surface area contributed by atoms with Gasteiger partial charge in [-0.2, -0.15) is 5.10 Å². The Hall–Kier alpha value is -3.39. The van der Waals surface area contributed by atoms with E-state index in [1.165, 1.54) is 23.5 Å². The van der Waals surface area contributed by atoms with Gasteiger partial charge in [0.25, 0.3) is 5.91 Å². The highest BCUT2D eigenvalue weighted by atomic mass is 32.1. The fourth-order valence-corrected chi connectivity index (χ4v) is 3.24. The van der Waals surface area contributed by atoms with Crippen molar-refractivity contribution >= 4 is 23.5 Å². The lowest BCUT2D eigenvalue weighted by Gasteiger charge is -2.06. The van der Waals surface area contributed by atoms with Crippen LogP contribution >= 0.6 is 11.3 Å². The molecule has 0 aliphatic rings. The van der Waals surface area contributed by atoms with Crippen LogP contribution < -0.4 is 10.5 Å². The van der Waals surface area contributed by atoms with Gasteiger partial charge in [0.05, 0.1) is 24.0 Å². The summed E-state index contributed by atoms with van der Waals surface area (Å²) in [4.78, 5) is 16.6. The van der Waals surface area contributed by atoms with Crippen LogP contribution in [0.5, 0.6) is 5.75 Å². The second-order valence-electron chi connectivity index (χ2n) is 5.63. The van der Waals surface area contributed by atoms with E-state index >= 15 is 0 Å². The van der Waals surface area contributed by atoms with E-state index < -0.39 is 5.91 Å². The van der Waals surface area contributed by atoms with E-state index in [9.17, 15) is 9.90 Å². The highest BCUT2D eigenvalue weighted by molar-refractivity contribution is 7.07. The fraction of sp³-hybridized carbons (Fsp3) is 0.105. The van der Waals surface area contributed by atoms with Gasteiger partial charge < -0.3 is 15.3 Å². The molecule has 0 bridgehead atoms. The molecule has 0 unspecified atom stereocenters. The van der Waals surface area contributed by atoms with Gasteiger partial charge in [-0.1, -0.05) is 6.08 Å². The summed E-state index contributed by atoms with van der Waals surface area (Å²) < 4.78 is 7.16. The lowest BCUT2D eigenvalue weighted by atomic mass is 10.1. The lowest BCUT2D eigenvalue weighted by molar-refractivity contribution is 0.0998. The van der Waals surface area contributed by atoms with Gasteiger partial charge in [-0.3, -0.25) is 9.79 Å². The molecule has 0 aliphatic heterocycles. The summed E-state index contributed by atoms with van der Waals surface area (Å²) >= 11 is 1.40. The second kappa shape index (κ2) is 7.88. The molecule has 2 aromatic heterocycles. The molecule has 8 heteroatoms. The minimum Gasteiger partial charge on any atom is -0.507 e. The van der Waals surface area contributed by atoms with Crippen LogP contribution in [-0.4, -0.2) is 28.4 Å². The van der Waals surface area contributed by atoms with Crippen LogP contribution in [0.15, 0.2) is 62.9 Å². The standard InChI is InChI=1S/C19H18N4O3S/c1-3-8-21-19-23(22-10-14-6-4-12(2)26-14)16(11-27-19)13-5-7-17(24)15(9-13)18(20)25/h3-7,9-11,24H,1,8H2,2H3,(H2,20,25)/b21-19?,22-10-. The van der Waals surface area contributed by atoms with Crippen molar-refractivity contribution in [3.63, 3.8) is 0 Å². The molecule has 3 aromatic rings. The highest BCUT2D eigenvalue weighted by Crippen LogP contribution is 2.26. The molecule has 27 heavy (non-hydrogen) atoms. The van der Waals surface area contributed by atoms with Crippen molar-refractivity contribution in [1.82, 2.24) is 4.68 Å². The van der Waals surface area contributed by atoms with Gasteiger partial charge in [0, 0.05) is 10.9 Å². The number of rotatable bonds is 6. The maximum absolute atomic E-state index is 11.5. The van der Waals surface area contributed by atoms with E-state index in [-0.39, 0.29) is 11.3 Å². The van der Waals surface area contributed by atoms with Crippen molar-refractivity contribution in [2.45, 2.75) is 6.92 Å². The minimum absolute atomic E-state index is 0.0421. The van der Waals surface area contributed by atoms with E-state index in [2.05, 4.69) is 16.7 Å². The average Bonchev–Trinajstić information content (AvgIpc) is 3.24. The number of hydrogen-bond acceptors (Lipinski definition) is 6. The number of furan rings is 1.